The number of rotatable bonds is 6. The van der Waals surface area contributed by atoms with Gasteiger partial charge >= 0.3 is 0 Å². The van der Waals surface area contributed by atoms with Gasteiger partial charge in [-0.2, -0.15) is 0 Å². The second-order valence-electron chi connectivity index (χ2n) is 3.85. The van der Waals surface area contributed by atoms with Gasteiger partial charge < -0.3 is 4.74 Å². The lowest BCUT2D eigenvalue weighted by atomic mass is 10.4. The fourth-order valence-corrected chi connectivity index (χ4v) is 2.40. The Bertz CT molecular complexity index is 470. The average molecular weight is 282 g/mol. The van der Waals surface area contributed by atoms with E-state index in [1.165, 1.54) is 4.57 Å². The van der Waals surface area contributed by atoms with E-state index >= 15 is 0 Å². The molecule has 0 aliphatic carbocycles. The monoisotopic (exact) mass is 281 g/mol. The quantitative estimate of drug-likeness (QED) is 0.586. The maximum absolute atomic E-state index is 11.3. The van der Waals surface area contributed by atoms with Crippen LogP contribution in [0.5, 0.6) is 0 Å². The Kier molecular flexibility index (Phi) is 4.91. The summed E-state index contributed by atoms with van der Waals surface area (Å²) in [5.74, 6) is 0.465. The van der Waals surface area contributed by atoms with Crippen molar-refractivity contribution in [2.45, 2.75) is 45.0 Å². The lowest BCUT2D eigenvalue weighted by Crippen LogP contribution is -2.13. The van der Waals surface area contributed by atoms with E-state index < -0.39 is 9.05 Å². The molecule has 0 unspecified atom stereocenters. The van der Waals surface area contributed by atoms with Crippen LogP contribution in [0.2, 0.25) is 0 Å². The third kappa shape index (κ3) is 3.65. The first-order valence-electron chi connectivity index (χ1n) is 5.34. The summed E-state index contributed by atoms with van der Waals surface area (Å²) in [7, 11) is 1.41. The van der Waals surface area contributed by atoms with E-state index in [9.17, 15) is 8.42 Å². The van der Waals surface area contributed by atoms with Crippen molar-refractivity contribution in [1.29, 1.82) is 0 Å². The lowest BCUT2D eigenvalue weighted by Gasteiger charge is -2.12. The number of aromatic nitrogens is 3. The smallest absolute Gasteiger partial charge is 0.296 e. The van der Waals surface area contributed by atoms with Gasteiger partial charge in [0.25, 0.3) is 14.2 Å². The highest BCUT2D eigenvalue weighted by molar-refractivity contribution is 8.13. The highest BCUT2D eigenvalue weighted by Gasteiger charge is 2.24. The van der Waals surface area contributed by atoms with E-state index in [1.54, 1.807) is 0 Å². The molecule has 1 rings (SSSR count). The second kappa shape index (κ2) is 5.79. The molecule has 8 heteroatoms. The topological polar surface area (TPSA) is 74.1 Å². The zero-order chi connectivity index (χ0) is 13.1. The standard InChI is InChI=1S/C9H16ClN3O3S/c1-4-5-16-6-8-11-12-9(17(10,14)15)13(8)7(2)3/h7H,4-6H2,1-3H3. The molecule has 0 bridgehead atoms. The average Bonchev–Trinajstić information content (AvgIpc) is 2.61. The lowest BCUT2D eigenvalue weighted by molar-refractivity contribution is 0.112. The molecule has 98 valence electrons. The van der Waals surface area contributed by atoms with Crippen molar-refractivity contribution < 1.29 is 13.2 Å². The summed E-state index contributed by atoms with van der Waals surface area (Å²) < 4.78 is 29.4. The van der Waals surface area contributed by atoms with Crippen molar-refractivity contribution >= 4 is 19.7 Å². The normalized spacial score (nSPS) is 12.3. The summed E-state index contributed by atoms with van der Waals surface area (Å²) in [6.07, 6.45) is 0.885. The van der Waals surface area contributed by atoms with Crippen LogP contribution < -0.4 is 0 Å². The second-order valence-corrected chi connectivity index (χ2v) is 6.31. The molecule has 0 N–H and O–H groups in total. The number of nitrogens with zero attached hydrogens (tertiary/aromatic N) is 3. The number of ether oxygens (including phenoxy) is 1. The van der Waals surface area contributed by atoms with Crippen LogP contribution in [0.4, 0.5) is 0 Å². The minimum atomic E-state index is -3.88. The van der Waals surface area contributed by atoms with Crippen LogP contribution in [0.1, 0.15) is 39.1 Å². The summed E-state index contributed by atoms with van der Waals surface area (Å²) >= 11 is 0. The summed E-state index contributed by atoms with van der Waals surface area (Å²) in [4.78, 5) is 0. The van der Waals surface area contributed by atoms with Crippen molar-refractivity contribution in [3.8, 4) is 0 Å². The van der Waals surface area contributed by atoms with Crippen LogP contribution in [0, 0.1) is 0 Å². The van der Waals surface area contributed by atoms with Crippen molar-refractivity contribution in [2.75, 3.05) is 6.61 Å². The van der Waals surface area contributed by atoms with Crippen LogP contribution in [0.25, 0.3) is 0 Å². The van der Waals surface area contributed by atoms with Gasteiger partial charge in [-0.15, -0.1) is 10.2 Å². The van der Waals surface area contributed by atoms with Crippen LogP contribution >= 0.6 is 10.7 Å². The van der Waals surface area contributed by atoms with Gasteiger partial charge in [-0.25, -0.2) is 8.42 Å². The number of hydrogen-bond acceptors (Lipinski definition) is 5. The van der Waals surface area contributed by atoms with Gasteiger partial charge in [0, 0.05) is 23.3 Å². The van der Waals surface area contributed by atoms with Gasteiger partial charge in [-0.3, -0.25) is 4.57 Å². The molecule has 0 saturated heterocycles. The Balaban J connectivity index is 3.03. The zero-order valence-electron chi connectivity index (χ0n) is 10.1. The van der Waals surface area contributed by atoms with E-state index in [1.807, 2.05) is 20.8 Å². The fourth-order valence-electron chi connectivity index (χ4n) is 1.40. The van der Waals surface area contributed by atoms with Gasteiger partial charge in [0.2, 0.25) is 0 Å². The maximum Gasteiger partial charge on any atom is 0.296 e. The van der Waals surface area contributed by atoms with E-state index in [-0.39, 0.29) is 17.8 Å². The zero-order valence-corrected chi connectivity index (χ0v) is 11.6. The van der Waals surface area contributed by atoms with Crippen molar-refractivity contribution in [2.24, 2.45) is 0 Å². The van der Waals surface area contributed by atoms with E-state index in [4.69, 9.17) is 15.4 Å². The molecule has 17 heavy (non-hydrogen) atoms. The van der Waals surface area contributed by atoms with Gasteiger partial charge in [-0.1, -0.05) is 6.92 Å². The molecule has 1 aromatic rings. The van der Waals surface area contributed by atoms with Crippen molar-refractivity contribution in [1.82, 2.24) is 14.8 Å². The van der Waals surface area contributed by atoms with Gasteiger partial charge in [0.05, 0.1) is 0 Å². The summed E-state index contributed by atoms with van der Waals surface area (Å²) in [6.45, 7) is 6.47. The van der Waals surface area contributed by atoms with Crippen LogP contribution in [-0.2, 0) is 20.4 Å². The minimum Gasteiger partial charge on any atom is -0.373 e. The van der Waals surface area contributed by atoms with E-state index in [0.717, 1.165) is 6.42 Å². The molecular formula is C9H16ClN3O3S. The summed E-state index contributed by atoms with van der Waals surface area (Å²) in [5, 5.41) is 7.17. The number of hydrogen-bond donors (Lipinski definition) is 0. The molecule has 0 atom stereocenters. The van der Waals surface area contributed by atoms with Crippen molar-refractivity contribution in [3.63, 3.8) is 0 Å². The van der Waals surface area contributed by atoms with Gasteiger partial charge in [0.1, 0.15) is 6.61 Å². The fraction of sp³-hybridized carbons (Fsp3) is 0.778. The molecule has 0 aromatic carbocycles. The van der Waals surface area contributed by atoms with Crippen molar-refractivity contribution in [3.05, 3.63) is 5.82 Å². The van der Waals surface area contributed by atoms with Crippen LogP contribution in [0.15, 0.2) is 5.16 Å². The van der Waals surface area contributed by atoms with Gasteiger partial charge in [-0.05, 0) is 20.3 Å². The van der Waals surface area contributed by atoms with Crippen LogP contribution in [-0.4, -0.2) is 29.8 Å². The Morgan fingerprint density at radius 2 is 2.06 bits per heavy atom. The van der Waals surface area contributed by atoms with Gasteiger partial charge in [0.15, 0.2) is 5.82 Å². The predicted molar refractivity (Wildman–Crippen MR) is 63.4 cm³/mol. The SMILES string of the molecule is CCCOCc1nnc(S(=O)(=O)Cl)n1C(C)C. The molecule has 0 saturated carbocycles. The molecule has 1 aromatic heterocycles. The third-order valence-electron chi connectivity index (χ3n) is 2.05. The minimum absolute atomic E-state index is 0.103. The Morgan fingerprint density at radius 3 is 2.53 bits per heavy atom. The predicted octanol–water partition coefficient (Wildman–Crippen LogP) is 1.71. The first-order valence-corrected chi connectivity index (χ1v) is 7.65. The van der Waals surface area contributed by atoms with Crippen LogP contribution in [0.3, 0.4) is 0 Å². The molecule has 0 aliphatic rings. The highest BCUT2D eigenvalue weighted by atomic mass is 35.7. The molecule has 0 amide bonds. The maximum atomic E-state index is 11.3. The largest absolute Gasteiger partial charge is 0.373 e. The molecule has 0 aliphatic heterocycles. The molecule has 1 heterocycles. The molecule has 6 nitrogen and oxygen atoms in total. The highest BCUT2D eigenvalue weighted by Crippen LogP contribution is 2.19. The third-order valence-corrected chi connectivity index (χ3v) is 3.18. The first-order chi connectivity index (χ1) is 7.88. The molecular weight excluding hydrogens is 266 g/mol. The molecule has 0 radical (unpaired) electrons. The summed E-state index contributed by atoms with van der Waals surface area (Å²) in [6, 6.07) is -0.103. The van der Waals surface area contributed by atoms with E-state index in [2.05, 4.69) is 10.2 Å². The van der Waals surface area contributed by atoms with E-state index in [0.29, 0.717) is 12.4 Å². The Hall–Kier alpha value is -0.660. The first kappa shape index (κ1) is 14.4. The Morgan fingerprint density at radius 1 is 1.41 bits per heavy atom. The molecule has 0 fully saturated rings. The summed E-state index contributed by atoms with van der Waals surface area (Å²) in [5.41, 5.74) is 0. The Labute approximate surface area is 105 Å². The molecule has 0 spiro atoms. The number of halogens is 1.